The Bertz CT molecular complexity index is 387. The molecule has 0 aliphatic carbocycles. The molecule has 1 aliphatic heterocycles. The first-order valence-corrected chi connectivity index (χ1v) is 7.08. The van der Waals surface area contributed by atoms with Gasteiger partial charge in [-0.1, -0.05) is 0 Å². The molecule has 1 aromatic heterocycles. The summed E-state index contributed by atoms with van der Waals surface area (Å²) in [4.78, 5) is 4.62. The Labute approximate surface area is 113 Å². The Kier molecular flexibility index (Phi) is 4.29. The number of anilines is 2. The van der Waals surface area contributed by atoms with Gasteiger partial charge in [-0.05, 0) is 50.4 Å². The van der Waals surface area contributed by atoms with Crippen molar-refractivity contribution in [1.29, 1.82) is 0 Å². The first-order valence-electron chi connectivity index (χ1n) is 6.30. The predicted octanol–water partition coefficient (Wildman–Crippen LogP) is 1.51. The molecule has 2 heterocycles. The maximum Gasteiger partial charge on any atom is 0.197 e. The minimum Gasteiger partial charge on any atom is -0.490 e. The van der Waals surface area contributed by atoms with Crippen molar-refractivity contribution < 1.29 is 4.74 Å². The molecule has 1 aliphatic rings. The van der Waals surface area contributed by atoms with Crippen molar-refractivity contribution in [2.24, 2.45) is 5.92 Å². The van der Waals surface area contributed by atoms with Gasteiger partial charge >= 0.3 is 0 Å². The van der Waals surface area contributed by atoms with E-state index in [0.29, 0.717) is 5.82 Å². The summed E-state index contributed by atoms with van der Waals surface area (Å²) < 4.78 is 9.47. The van der Waals surface area contributed by atoms with E-state index in [1.807, 2.05) is 0 Å². The third-order valence-electron chi connectivity index (χ3n) is 3.58. The Balaban J connectivity index is 1.96. The molecule has 1 aromatic rings. The molecule has 5 nitrogen and oxygen atoms in total. The second kappa shape index (κ2) is 5.75. The number of hydrogen-bond donors (Lipinski definition) is 1. The number of nitrogens with zero attached hydrogens (tertiary/aromatic N) is 3. The highest BCUT2D eigenvalue weighted by Gasteiger charge is 2.21. The summed E-state index contributed by atoms with van der Waals surface area (Å²) in [5, 5.41) is 1.04. The van der Waals surface area contributed by atoms with Gasteiger partial charge in [-0.15, -0.1) is 0 Å². The lowest BCUT2D eigenvalue weighted by molar-refractivity contribution is 0.222. The van der Waals surface area contributed by atoms with Crippen molar-refractivity contribution in [3.05, 3.63) is 0 Å². The zero-order chi connectivity index (χ0) is 13.1. The van der Waals surface area contributed by atoms with Gasteiger partial charge in [0.15, 0.2) is 16.6 Å². The Morgan fingerprint density at radius 2 is 2.17 bits per heavy atom. The van der Waals surface area contributed by atoms with E-state index in [2.05, 4.69) is 28.3 Å². The van der Waals surface area contributed by atoms with Crippen molar-refractivity contribution >= 4 is 22.4 Å². The normalized spacial score (nSPS) is 17.9. The third kappa shape index (κ3) is 2.87. The number of piperidine rings is 1. The summed E-state index contributed by atoms with van der Waals surface area (Å²) in [7, 11) is 5.92. The van der Waals surface area contributed by atoms with E-state index < -0.39 is 0 Å². The van der Waals surface area contributed by atoms with Crippen LogP contribution in [0, 0.1) is 5.92 Å². The van der Waals surface area contributed by atoms with Gasteiger partial charge in [-0.25, -0.2) is 0 Å². The topological polar surface area (TPSA) is 54.6 Å². The van der Waals surface area contributed by atoms with Gasteiger partial charge in [0.25, 0.3) is 0 Å². The molecule has 102 valence electrons. The van der Waals surface area contributed by atoms with E-state index in [-0.39, 0.29) is 0 Å². The summed E-state index contributed by atoms with van der Waals surface area (Å²) >= 11 is 1.41. The first kappa shape index (κ1) is 13.4. The quantitative estimate of drug-likeness (QED) is 0.899. The average Bonchev–Trinajstić information content (AvgIpc) is 2.73. The summed E-state index contributed by atoms with van der Waals surface area (Å²) in [5.74, 6) is 1.96. The molecular formula is C12H22N4OS. The molecular weight excluding hydrogens is 248 g/mol. The summed E-state index contributed by atoms with van der Waals surface area (Å²) in [6, 6.07) is 0. The highest BCUT2D eigenvalue weighted by molar-refractivity contribution is 7.11. The van der Waals surface area contributed by atoms with Gasteiger partial charge in [0.1, 0.15) is 0 Å². The standard InChI is InChI=1S/C12H22N4OS/c1-15-6-4-9(5-7-15)8-16(2)12-10(17-3)11(13)14-18-12/h9H,4-8H2,1-3H3,(H2,13,14). The zero-order valence-corrected chi connectivity index (χ0v) is 12.2. The molecule has 0 radical (unpaired) electrons. The number of aromatic nitrogens is 1. The van der Waals surface area contributed by atoms with Crippen LogP contribution in [0.15, 0.2) is 0 Å². The number of nitrogens with two attached hydrogens (primary N) is 1. The van der Waals surface area contributed by atoms with E-state index in [4.69, 9.17) is 10.5 Å². The molecule has 1 fully saturated rings. The first-order chi connectivity index (χ1) is 8.61. The Hall–Kier alpha value is -1.01. The van der Waals surface area contributed by atoms with Crippen molar-refractivity contribution in [3.8, 4) is 5.75 Å². The maximum atomic E-state index is 5.78. The second-order valence-electron chi connectivity index (χ2n) is 5.03. The predicted molar refractivity (Wildman–Crippen MR) is 76.6 cm³/mol. The average molecular weight is 270 g/mol. The largest absolute Gasteiger partial charge is 0.490 e. The molecule has 2 rings (SSSR count). The van der Waals surface area contributed by atoms with Crippen LogP contribution in [-0.4, -0.2) is 50.1 Å². The third-order valence-corrected chi connectivity index (χ3v) is 4.54. The Morgan fingerprint density at radius 3 is 2.78 bits per heavy atom. The molecule has 0 bridgehead atoms. The van der Waals surface area contributed by atoms with E-state index >= 15 is 0 Å². The lowest BCUT2D eigenvalue weighted by Crippen LogP contribution is -2.35. The number of likely N-dealkylation sites (tertiary alicyclic amines) is 1. The fourth-order valence-electron chi connectivity index (χ4n) is 2.43. The van der Waals surface area contributed by atoms with Crippen LogP contribution in [0.25, 0.3) is 0 Å². The van der Waals surface area contributed by atoms with Gasteiger partial charge in [-0.3, -0.25) is 0 Å². The SMILES string of the molecule is COc1c(N)nsc1N(C)CC1CCN(C)CC1. The van der Waals surface area contributed by atoms with Gasteiger partial charge in [0.2, 0.25) is 0 Å². The van der Waals surface area contributed by atoms with Crippen molar-refractivity contribution in [2.75, 3.05) is 51.5 Å². The number of rotatable bonds is 4. The summed E-state index contributed by atoms with van der Waals surface area (Å²) in [6.07, 6.45) is 2.52. The monoisotopic (exact) mass is 270 g/mol. The molecule has 18 heavy (non-hydrogen) atoms. The van der Waals surface area contributed by atoms with Crippen LogP contribution in [0.5, 0.6) is 5.75 Å². The van der Waals surface area contributed by atoms with E-state index in [1.54, 1.807) is 7.11 Å². The van der Waals surface area contributed by atoms with Gasteiger partial charge < -0.3 is 20.3 Å². The van der Waals surface area contributed by atoms with Crippen molar-refractivity contribution in [2.45, 2.75) is 12.8 Å². The van der Waals surface area contributed by atoms with E-state index in [0.717, 1.165) is 23.2 Å². The number of methoxy groups -OCH3 is 1. The highest BCUT2D eigenvalue weighted by Crippen LogP contribution is 2.37. The smallest absolute Gasteiger partial charge is 0.197 e. The lowest BCUT2D eigenvalue weighted by atomic mass is 9.97. The van der Waals surface area contributed by atoms with Crippen LogP contribution >= 0.6 is 11.5 Å². The Morgan fingerprint density at radius 1 is 1.50 bits per heavy atom. The van der Waals surface area contributed by atoms with Crippen LogP contribution in [0.3, 0.4) is 0 Å². The fraction of sp³-hybridized carbons (Fsp3) is 0.750. The summed E-state index contributed by atoms with van der Waals surface area (Å²) in [5.41, 5.74) is 5.78. The lowest BCUT2D eigenvalue weighted by Gasteiger charge is -2.31. The number of ether oxygens (including phenoxy) is 1. The molecule has 0 aromatic carbocycles. The van der Waals surface area contributed by atoms with Gasteiger partial charge in [0, 0.05) is 13.6 Å². The van der Waals surface area contributed by atoms with E-state index in [9.17, 15) is 0 Å². The molecule has 0 spiro atoms. The van der Waals surface area contributed by atoms with Crippen LogP contribution in [0.1, 0.15) is 12.8 Å². The molecule has 0 atom stereocenters. The zero-order valence-electron chi connectivity index (χ0n) is 11.3. The highest BCUT2D eigenvalue weighted by atomic mass is 32.1. The number of hydrogen-bond acceptors (Lipinski definition) is 6. The van der Waals surface area contributed by atoms with Gasteiger partial charge in [-0.2, -0.15) is 4.37 Å². The summed E-state index contributed by atoms with van der Waals surface area (Å²) in [6.45, 7) is 3.44. The second-order valence-corrected chi connectivity index (χ2v) is 5.79. The molecule has 0 saturated carbocycles. The van der Waals surface area contributed by atoms with Crippen LogP contribution in [0.4, 0.5) is 10.8 Å². The van der Waals surface area contributed by atoms with Crippen molar-refractivity contribution in [1.82, 2.24) is 9.27 Å². The number of nitrogen functional groups attached to an aromatic ring is 1. The minimum absolute atomic E-state index is 0.493. The molecule has 0 unspecified atom stereocenters. The molecule has 1 saturated heterocycles. The van der Waals surface area contributed by atoms with Crippen molar-refractivity contribution in [3.63, 3.8) is 0 Å². The minimum atomic E-state index is 0.493. The molecule has 2 N–H and O–H groups in total. The van der Waals surface area contributed by atoms with Crippen LogP contribution in [0.2, 0.25) is 0 Å². The fourth-order valence-corrected chi connectivity index (χ4v) is 3.19. The molecule has 6 heteroatoms. The molecule has 0 amide bonds. The van der Waals surface area contributed by atoms with E-state index in [1.165, 1.54) is 37.5 Å². The van der Waals surface area contributed by atoms with Crippen LogP contribution < -0.4 is 15.4 Å². The van der Waals surface area contributed by atoms with Gasteiger partial charge in [0.05, 0.1) is 7.11 Å². The van der Waals surface area contributed by atoms with Crippen LogP contribution in [-0.2, 0) is 0 Å². The maximum absolute atomic E-state index is 5.78.